The molecule has 0 unspecified atom stereocenters. The number of anilines is 1. The number of hydrogen-bond acceptors (Lipinski definition) is 3. The molecule has 2 rings (SSSR count). The summed E-state index contributed by atoms with van der Waals surface area (Å²) in [6.45, 7) is 4.32. The first-order valence-electron chi connectivity index (χ1n) is 7.46. The first-order valence-corrected chi connectivity index (χ1v) is 7.46. The molecule has 0 saturated heterocycles. The van der Waals surface area contributed by atoms with Crippen LogP contribution in [0.5, 0.6) is 0 Å². The molecule has 0 radical (unpaired) electrons. The van der Waals surface area contributed by atoms with E-state index in [4.69, 9.17) is 0 Å². The van der Waals surface area contributed by atoms with Gasteiger partial charge in [-0.15, -0.1) is 0 Å². The molecule has 0 atom stereocenters. The van der Waals surface area contributed by atoms with Crippen molar-refractivity contribution in [2.75, 3.05) is 12.4 Å². The lowest BCUT2D eigenvalue weighted by molar-refractivity contribution is -0.134. The van der Waals surface area contributed by atoms with Crippen LogP contribution in [0.1, 0.15) is 23.2 Å². The highest BCUT2D eigenvalue weighted by Gasteiger charge is 2.15. The van der Waals surface area contributed by atoms with E-state index in [0.29, 0.717) is 12.2 Å². The van der Waals surface area contributed by atoms with Gasteiger partial charge in [-0.1, -0.05) is 23.8 Å². The zero-order valence-corrected chi connectivity index (χ0v) is 13.7. The second-order valence-corrected chi connectivity index (χ2v) is 5.61. The minimum Gasteiger partial charge on any atom is -0.339 e. The van der Waals surface area contributed by atoms with Crippen molar-refractivity contribution < 1.29 is 9.59 Å². The van der Waals surface area contributed by atoms with E-state index in [2.05, 4.69) is 10.3 Å². The number of carbonyl (C=O) groups excluding carboxylic acids is 2. The van der Waals surface area contributed by atoms with Gasteiger partial charge in [0.25, 0.3) is 0 Å². The number of nitrogens with one attached hydrogen (secondary N) is 1. The van der Waals surface area contributed by atoms with E-state index in [1.54, 1.807) is 13.2 Å². The average Bonchev–Trinajstić information content (AvgIpc) is 2.51. The molecule has 5 heteroatoms. The fourth-order valence-electron chi connectivity index (χ4n) is 2.11. The first kappa shape index (κ1) is 16.7. The summed E-state index contributed by atoms with van der Waals surface area (Å²) in [4.78, 5) is 29.9. The van der Waals surface area contributed by atoms with Crippen molar-refractivity contribution in [2.45, 2.75) is 26.8 Å². The summed E-state index contributed by atoms with van der Waals surface area (Å²) in [5.74, 6) is -0.553. The van der Waals surface area contributed by atoms with Crippen LogP contribution in [0.3, 0.4) is 0 Å². The van der Waals surface area contributed by atoms with Crippen molar-refractivity contribution in [3.63, 3.8) is 0 Å². The summed E-state index contributed by atoms with van der Waals surface area (Å²) >= 11 is 0. The molecule has 1 N–H and O–H groups in total. The smallest absolute Gasteiger partial charge is 0.233 e. The van der Waals surface area contributed by atoms with Crippen LogP contribution < -0.4 is 5.32 Å². The predicted molar refractivity (Wildman–Crippen MR) is 89.9 cm³/mol. The maximum absolute atomic E-state index is 12.2. The molecular formula is C18H21N3O2. The summed E-state index contributed by atoms with van der Waals surface area (Å²) in [5.41, 5.74) is 3.67. The van der Waals surface area contributed by atoms with E-state index in [-0.39, 0.29) is 18.2 Å². The summed E-state index contributed by atoms with van der Waals surface area (Å²) < 4.78 is 0. The van der Waals surface area contributed by atoms with Crippen molar-refractivity contribution in [3.8, 4) is 0 Å². The van der Waals surface area contributed by atoms with Gasteiger partial charge in [0, 0.05) is 18.9 Å². The molecule has 120 valence electrons. The fourth-order valence-corrected chi connectivity index (χ4v) is 2.11. The van der Waals surface area contributed by atoms with Crippen molar-refractivity contribution in [1.82, 2.24) is 9.88 Å². The Bertz CT molecular complexity index is 696. The second-order valence-electron chi connectivity index (χ2n) is 5.61. The third-order valence-corrected chi connectivity index (χ3v) is 3.58. The van der Waals surface area contributed by atoms with Crippen LogP contribution in [-0.2, 0) is 16.1 Å². The number of aromatic nitrogens is 1. The molecule has 2 amide bonds. The molecule has 1 aromatic heterocycles. The Morgan fingerprint density at radius 1 is 1.13 bits per heavy atom. The van der Waals surface area contributed by atoms with Gasteiger partial charge in [-0.3, -0.25) is 14.6 Å². The highest BCUT2D eigenvalue weighted by atomic mass is 16.2. The van der Waals surface area contributed by atoms with Crippen molar-refractivity contribution >= 4 is 17.5 Å². The highest BCUT2D eigenvalue weighted by molar-refractivity contribution is 6.03. The zero-order chi connectivity index (χ0) is 16.8. The van der Waals surface area contributed by atoms with Gasteiger partial charge in [0.1, 0.15) is 6.42 Å². The highest BCUT2D eigenvalue weighted by Crippen LogP contribution is 2.10. The minimum atomic E-state index is -0.316. The molecule has 0 aliphatic rings. The standard InChI is InChI=1S/C18H21N3O2/c1-13-6-8-15(9-7-13)20-17(22)11-18(23)21(3)12-16-14(2)5-4-10-19-16/h4-10H,11-12H2,1-3H3,(H,20,22). The lowest BCUT2D eigenvalue weighted by Gasteiger charge is -2.17. The number of amides is 2. The largest absolute Gasteiger partial charge is 0.339 e. The van der Waals surface area contributed by atoms with Crippen LogP contribution in [0, 0.1) is 13.8 Å². The van der Waals surface area contributed by atoms with Crippen LogP contribution in [0.15, 0.2) is 42.6 Å². The molecular weight excluding hydrogens is 290 g/mol. The molecule has 1 heterocycles. The fraction of sp³-hybridized carbons (Fsp3) is 0.278. The molecule has 5 nitrogen and oxygen atoms in total. The predicted octanol–water partition coefficient (Wildman–Crippen LogP) is 2.69. The molecule has 1 aromatic carbocycles. The third-order valence-electron chi connectivity index (χ3n) is 3.58. The summed E-state index contributed by atoms with van der Waals surface area (Å²) in [5, 5.41) is 2.73. The molecule has 23 heavy (non-hydrogen) atoms. The Labute approximate surface area is 136 Å². The Kier molecular flexibility index (Phi) is 5.46. The maximum Gasteiger partial charge on any atom is 0.233 e. The van der Waals surface area contributed by atoms with Gasteiger partial charge in [-0.25, -0.2) is 0 Å². The van der Waals surface area contributed by atoms with Gasteiger partial charge < -0.3 is 10.2 Å². The second kappa shape index (κ2) is 7.54. The molecule has 0 spiro atoms. The lowest BCUT2D eigenvalue weighted by Crippen LogP contribution is -2.30. The van der Waals surface area contributed by atoms with E-state index in [0.717, 1.165) is 16.8 Å². The van der Waals surface area contributed by atoms with E-state index in [1.807, 2.05) is 50.2 Å². The van der Waals surface area contributed by atoms with Crippen molar-refractivity contribution in [1.29, 1.82) is 0 Å². The maximum atomic E-state index is 12.2. The number of rotatable bonds is 5. The quantitative estimate of drug-likeness (QED) is 0.864. The number of aryl methyl sites for hydroxylation is 2. The van der Waals surface area contributed by atoms with Crippen LogP contribution >= 0.6 is 0 Å². The van der Waals surface area contributed by atoms with E-state index < -0.39 is 0 Å². The number of benzene rings is 1. The topological polar surface area (TPSA) is 62.3 Å². The van der Waals surface area contributed by atoms with Gasteiger partial charge >= 0.3 is 0 Å². The van der Waals surface area contributed by atoms with Gasteiger partial charge in [-0.2, -0.15) is 0 Å². The summed E-state index contributed by atoms with van der Waals surface area (Å²) in [7, 11) is 1.68. The first-order chi connectivity index (χ1) is 11.0. The van der Waals surface area contributed by atoms with Gasteiger partial charge in [-0.05, 0) is 37.6 Å². The molecule has 0 fully saturated rings. The van der Waals surface area contributed by atoms with Crippen molar-refractivity contribution in [2.24, 2.45) is 0 Å². The van der Waals surface area contributed by atoms with Gasteiger partial charge in [0.15, 0.2) is 0 Å². The van der Waals surface area contributed by atoms with Gasteiger partial charge in [0.2, 0.25) is 11.8 Å². The summed E-state index contributed by atoms with van der Waals surface area (Å²) in [6, 6.07) is 11.3. The van der Waals surface area contributed by atoms with Crippen LogP contribution in [0.4, 0.5) is 5.69 Å². The normalized spacial score (nSPS) is 10.2. The number of pyridine rings is 1. The molecule has 0 saturated carbocycles. The lowest BCUT2D eigenvalue weighted by atomic mass is 10.2. The minimum absolute atomic E-state index is 0.184. The SMILES string of the molecule is Cc1ccc(NC(=O)CC(=O)N(C)Cc2ncccc2C)cc1. The van der Waals surface area contributed by atoms with E-state index in [9.17, 15) is 9.59 Å². The Morgan fingerprint density at radius 3 is 2.48 bits per heavy atom. The molecule has 0 aliphatic heterocycles. The Hall–Kier alpha value is -2.69. The number of nitrogens with zero attached hydrogens (tertiary/aromatic N) is 2. The van der Waals surface area contributed by atoms with Crippen LogP contribution in [-0.4, -0.2) is 28.7 Å². The summed E-state index contributed by atoms with van der Waals surface area (Å²) in [6.07, 6.45) is 1.51. The zero-order valence-electron chi connectivity index (χ0n) is 13.7. The van der Waals surface area contributed by atoms with E-state index in [1.165, 1.54) is 4.90 Å². The van der Waals surface area contributed by atoms with Crippen LogP contribution in [0.2, 0.25) is 0 Å². The Balaban J connectivity index is 1.89. The average molecular weight is 311 g/mol. The molecule has 2 aromatic rings. The van der Waals surface area contributed by atoms with Crippen molar-refractivity contribution in [3.05, 3.63) is 59.4 Å². The van der Waals surface area contributed by atoms with Crippen LogP contribution in [0.25, 0.3) is 0 Å². The Morgan fingerprint density at radius 2 is 1.83 bits per heavy atom. The van der Waals surface area contributed by atoms with Gasteiger partial charge in [0.05, 0.1) is 12.2 Å². The monoisotopic (exact) mass is 311 g/mol. The third kappa shape index (κ3) is 4.92. The molecule has 0 aliphatic carbocycles. The number of carbonyl (C=O) groups is 2. The molecule has 0 bridgehead atoms. The van der Waals surface area contributed by atoms with E-state index >= 15 is 0 Å². The number of hydrogen-bond donors (Lipinski definition) is 1.